The lowest BCUT2D eigenvalue weighted by Crippen LogP contribution is -2.51. The standard InChI is InChI=1S/C14H23N5O2/c20-14(16-8-5-13-17-10-21-18-13)12-2-1-9-19(12)11-3-6-15-7-4-11/h10-12,15H,1-9H2,(H,16,20). The number of nitrogens with one attached hydrogen (secondary N) is 2. The van der Waals surface area contributed by atoms with Gasteiger partial charge in [-0.25, -0.2) is 0 Å². The molecule has 1 aromatic heterocycles. The van der Waals surface area contributed by atoms with E-state index in [0.717, 1.165) is 45.3 Å². The molecule has 7 nitrogen and oxygen atoms in total. The lowest BCUT2D eigenvalue weighted by atomic mass is 10.0. The molecule has 0 spiro atoms. The summed E-state index contributed by atoms with van der Waals surface area (Å²) < 4.78 is 4.68. The lowest BCUT2D eigenvalue weighted by molar-refractivity contribution is -0.126. The minimum Gasteiger partial charge on any atom is -0.354 e. The number of hydrogen-bond donors (Lipinski definition) is 2. The van der Waals surface area contributed by atoms with Crippen LogP contribution in [0.3, 0.4) is 0 Å². The van der Waals surface area contributed by atoms with Crippen LogP contribution in [-0.4, -0.2) is 59.2 Å². The highest BCUT2D eigenvalue weighted by Crippen LogP contribution is 2.24. The maximum Gasteiger partial charge on any atom is 0.237 e. The van der Waals surface area contributed by atoms with E-state index >= 15 is 0 Å². The molecule has 3 heterocycles. The number of nitrogens with zero attached hydrogens (tertiary/aromatic N) is 3. The Kier molecular flexibility index (Phi) is 4.82. The summed E-state index contributed by atoms with van der Waals surface area (Å²) in [6.45, 7) is 3.74. The largest absolute Gasteiger partial charge is 0.354 e. The topological polar surface area (TPSA) is 83.3 Å². The second-order valence-electron chi connectivity index (χ2n) is 5.77. The van der Waals surface area contributed by atoms with E-state index in [1.165, 1.54) is 6.39 Å². The fraction of sp³-hybridized carbons (Fsp3) is 0.786. The van der Waals surface area contributed by atoms with E-state index < -0.39 is 0 Å². The predicted molar refractivity (Wildman–Crippen MR) is 76.6 cm³/mol. The fourth-order valence-corrected chi connectivity index (χ4v) is 3.36. The number of carbonyl (C=O) groups is 1. The molecule has 0 saturated carbocycles. The highest BCUT2D eigenvalue weighted by atomic mass is 16.5. The Labute approximate surface area is 124 Å². The molecule has 2 N–H and O–H groups in total. The van der Waals surface area contributed by atoms with Gasteiger partial charge in [0.05, 0.1) is 6.04 Å². The Balaban J connectivity index is 1.48. The number of likely N-dealkylation sites (tertiary alicyclic amines) is 1. The average Bonchev–Trinajstić information content (AvgIpc) is 3.19. The summed E-state index contributed by atoms with van der Waals surface area (Å²) in [5.41, 5.74) is 0. The van der Waals surface area contributed by atoms with Crippen LogP contribution in [0.1, 0.15) is 31.5 Å². The molecule has 116 valence electrons. The molecule has 2 saturated heterocycles. The van der Waals surface area contributed by atoms with Crippen LogP contribution in [0.15, 0.2) is 10.9 Å². The SMILES string of the molecule is O=C(NCCc1ncon1)C1CCCN1C1CCNCC1. The van der Waals surface area contributed by atoms with Crippen molar-refractivity contribution in [3.05, 3.63) is 12.2 Å². The summed E-state index contributed by atoms with van der Waals surface area (Å²) in [7, 11) is 0. The van der Waals surface area contributed by atoms with Crippen LogP contribution < -0.4 is 10.6 Å². The first-order chi connectivity index (χ1) is 10.3. The molecule has 2 aliphatic rings. The van der Waals surface area contributed by atoms with Gasteiger partial charge >= 0.3 is 0 Å². The second-order valence-corrected chi connectivity index (χ2v) is 5.77. The van der Waals surface area contributed by atoms with Crippen LogP contribution in [0.25, 0.3) is 0 Å². The van der Waals surface area contributed by atoms with Gasteiger partial charge in [-0.2, -0.15) is 4.98 Å². The van der Waals surface area contributed by atoms with E-state index in [4.69, 9.17) is 0 Å². The number of amides is 1. The number of hydrogen-bond acceptors (Lipinski definition) is 6. The summed E-state index contributed by atoms with van der Waals surface area (Å²) in [6, 6.07) is 0.597. The summed E-state index contributed by atoms with van der Waals surface area (Å²) in [6.07, 6.45) is 6.30. The third-order valence-corrected chi connectivity index (χ3v) is 4.43. The van der Waals surface area contributed by atoms with Gasteiger partial charge in [-0.15, -0.1) is 0 Å². The molecule has 1 amide bonds. The van der Waals surface area contributed by atoms with Crippen molar-refractivity contribution < 1.29 is 9.32 Å². The van der Waals surface area contributed by atoms with E-state index in [2.05, 4.69) is 30.2 Å². The number of aromatic nitrogens is 2. The first kappa shape index (κ1) is 14.5. The molecule has 0 aromatic carbocycles. The van der Waals surface area contributed by atoms with E-state index in [0.29, 0.717) is 24.8 Å². The molecule has 0 bridgehead atoms. The minimum absolute atomic E-state index is 0.0402. The van der Waals surface area contributed by atoms with Gasteiger partial charge in [0.25, 0.3) is 0 Å². The molecule has 0 aliphatic carbocycles. The van der Waals surface area contributed by atoms with Gasteiger partial charge in [-0.1, -0.05) is 5.16 Å². The van der Waals surface area contributed by atoms with Crippen LogP contribution in [0.2, 0.25) is 0 Å². The molecule has 3 rings (SSSR count). The van der Waals surface area contributed by atoms with Gasteiger partial charge in [0.15, 0.2) is 5.82 Å². The smallest absolute Gasteiger partial charge is 0.237 e. The molecular weight excluding hydrogens is 270 g/mol. The maximum absolute atomic E-state index is 12.4. The molecule has 7 heteroatoms. The van der Waals surface area contributed by atoms with Crippen LogP contribution in [0, 0.1) is 0 Å². The summed E-state index contributed by atoms with van der Waals surface area (Å²) in [5, 5.41) is 10.1. The predicted octanol–water partition coefficient (Wildman–Crippen LogP) is -0.0553. The molecule has 1 aromatic rings. The van der Waals surface area contributed by atoms with E-state index in [1.807, 2.05) is 0 Å². The zero-order chi connectivity index (χ0) is 14.5. The maximum atomic E-state index is 12.4. The van der Waals surface area contributed by atoms with Crippen LogP contribution in [0.4, 0.5) is 0 Å². The van der Waals surface area contributed by atoms with E-state index in [-0.39, 0.29) is 11.9 Å². The highest BCUT2D eigenvalue weighted by molar-refractivity contribution is 5.82. The third-order valence-electron chi connectivity index (χ3n) is 4.43. The summed E-state index contributed by atoms with van der Waals surface area (Å²) >= 11 is 0. The van der Waals surface area contributed by atoms with Crippen LogP contribution in [-0.2, 0) is 11.2 Å². The molecule has 0 radical (unpaired) electrons. The zero-order valence-corrected chi connectivity index (χ0v) is 12.3. The van der Waals surface area contributed by atoms with E-state index in [9.17, 15) is 4.79 Å². The van der Waals surface area contributed by atoms with Crippen molar-refractivity contribution in [2.45, 2.75) is 44.2 Å². The Bertz CT molecular complexity index is 444. The van der Waals surface area contributed by atoms with Gasteiger partial charge in [0.1, 0.15) is 0 Å². The highest BCUT2D eigenvalue weighted by Gasteiger charge is 2.35. The van der Waals surface area contributed by atoms with Crippen molar-refractivity contribution in [1.29, 1.82) is 0 Å². The van der Waals surface area contributed by atoms with Gasteiger partial charge in [0, 0.05) is 19.0 Å². The van der Waals surface area contributed by atoms with Gasteiger partial charge in [-0.05, 0) is 45.3 Å². The van der Waals surface area contributed by atoms with Crippen molar-refractivity contribution >= 4 is 5.91 Å². The first-order valence-electron chi connectivity index (χ1n) is 7.84. The quantitative estimate of drug-likeness (QED) is 0.791. The van der Waals surface area contributed by atoms with Crippen LogP contribution in [0.5, 0.6) is 0 Å². The number of carbonyl (C=O) groups excluding carboxylic acids is 1. The van der Waals surface area contributed by atoms with Gasteiger partial charge in [-0.3, -0.25) is 9.69 Å². The Morgan fingerprint density at radius 3 is 3.05 bits per heavy atom. The summed E-state index contributed by atoms with van der Waals surface area (Å²) in [4.78, 5) is 18.8. The summed E-state index contributed by atoms with van der Waals surface area (Å²) in [5.74, 6) is 0.784. The van der Waals surface area contributed by atoms with Crippen molar-refractivity contribution in [1.82, 2.24) is 25.7 Å². The first-order valence-corrected chi connectivity index (χ1v) is 7.84. The Hall–Kier alpha value is -1.47. The molecule has 2 fully saturated rings. The zero-order valence-electron chi connectivity index (χ0n) is 12.3. The van der Waals surface area contributed by atoms with Crippen molar-refractivity contribution in [2.24, 2.45) is 0 Å². The van der Waals surface area contributed by atoms with Crippen molar-refractivity contribution in [3.8, 4) is 0 Å². The van der Waals surface area contributed by atoms with E-state index in [1.54, 1.807) is 0 Å². The molecular formula is C14H23N5O2. The van der Waals surface area contributed by atoms with Gasteiger partial charge < -0.3 is 15.2 Å². The molecule has 21 heavy (non-hydrogen) atoms. The molecule has 2 aliphatic heterocycles. The van der Waals surface area contributed by atoms with Crippen molar-refractivity contribution in [3.63, 3.8) is 0 Å². The Morgan fingerprint density at radius 1 is 1.43 bits per heavy atom. The minimum atomic E-state index is 0.0402. The number of rotatable bonds is 5. The molecule has 1 unspecified atom stereocenters. The lowest BCUT2D eigenvalue weighted by Gasteiger charge is -2.35. The van der Waals surface area contributed by atoms with Crippen LogP contribution >= 0.6 is 0 Å². The van der Waals surface area contributed by atoms with Crippen molar-refractivity contribution in [2.75, 3.05) is 26.2 Å². The average molecular weight is 293 g/mol. The fourth-order valence-electron chi connectivity index (χ4n) is 3.36. The molecule has 1 atom stereocenters. The monoisotopic (exact) mass is 293 g/mol. The Morgan fingerprint density at radius 2 is 2.29 bits per heavy atom. The normalized spacial score (nSPS) is 24.3. The van der Waals surface area contributed by atoms with Gasteiger partial charge in [0.2, 0.25) is 12.3 Å². The second kappa shape index (κ2) is 7.00. The number of piperidine rings is 1. The third kappa shape index (κ3) is 3.59.